The number of thiazole rings is 1. The zero-order chi connectivity index (χ0) is 12.1. The van der Waals surface area contributed by atoms with Crippen molar-refractivity contribution < 1.29 is 24.6 Å². The van der Waals surface area contributed by atoms with Gasteiger partial charge >= 0.3 is 11.9 Å². The van der Waals surface area contributed by atoms with E-state index in [4.69, 9.17) is 15.9 Å². The Hall–Kier alpha value is -2.16. The van der Waals surface area contributed by atoms with Gasteiger partial charge in [0.25, 0.3) is 0 Å². The maximum atomic E-state index is 10.8. The minimum Gasteiger partial charge on any atom is -0.479 e. The zero-order valence-corrected chi connectivity index (χ0v) is 8.60. The van der Waals surface area contributed by atoms with E-state index < -0.39 is 24.3 Å². The molecule has 1 rings (SSSR count). The van der Waals surface area contributed by atoms with Crippen molar-refractivity contribution in [3.05, 3.63) is 11.1 Å². The molecule has 0 aliphatic rings. The highest BCUT2D eigenvalue weighted by atomic mass is 32.1. The number of nitrogens with zero attached hydrogens (tertiary/aromatic N) is 2. The van der Waals surface area contributed by atoms with Gasteiger partial charge in [-0.05, 0) is 0 Å². The van der Waals surface area contributed by atoms with Crippen molar-refractivity contribution in [3.8, 4) is 0 Å². The van der Waals surface area contributed by atoms with Gasteiger partial charge < -0.3 is 20.8 Å². The quantitative estimate of drug-likeness (QED) is 0.475. The summed E-state index contributed by atoms with van der Waals surface area (Å²) in [5, 5.41) is 21.8. The maximum Gasteiger partial charge on any atom is 0.360 e. The molecule has 4 N–H and O–H groups in total. The van der Waals surface area contributed by atoms with Gasteiger partial charge in [-0.25, -0.2) is 14.6 Å². The molecular formula is C7H7N3O5S. The fraction of sp³-hybridized carbons (Fsp3) is 0.143. The second-order valence-corrected chi connectivity index (χ2v) is 3.37. The lowest BCUT2D eigenvalue weighted by Crippen LogP contribution is -2.16. The second-order valence-electron chi connectivity index (χ2n) is 2.48. The summed E-state index contributed by atoms with van der Waals surface area (Å²) in [5.74, 6) is -2.64. The van der Waals surface area contributed by atoms with Crippen molar-refractivity contribution in [1.29, 1.82) is 0 Å². The Morgan fingerprint density at radius 1 is 1.56 bits per heavy atom. The third-order valence-electron chi connectivity index (χ3n) is 1.31. The smallest absolute Gasteiger partial charge is 0.360 e. The fourth-order valence-electron chi connectivity index (χ4n) is 0.744. The third-order valence-corrected chi connectivity index (χ3v) is 1.98. The van der Waals surface area contributed by atoms with E-state index in [0.29, 0.717) is 0 Å². The third kappa shape index (κ3) is 3.20. The minimum absolute atomic E-state index is 0.0281. The highest BCUT2D eigenvalue weighted by Crippen LogP contribution is 2.12. The van der Waals surface area contributed by atoms with E-state index in [1.54, 1.807) is 0 Å². The number of rotatable bonds is 5. The molecular weight excluding hydrogens is 238 g/mol. The number of nitrogens with two attached hydrogens (primary N) is 1. The first-order chi connectivity index (χ1) is 7.50. The maximum absolute atomic E-state index is 10.8. The first-order valence-electron chi connectivity index (χ1n) is 3.87. The summed E-state index contributed by atoms with van der Waals surface area (Å²) in [6, 6.07) is 0. The molecule has 1 aromatic rings. The lowest BCUT2D eigenvalue weighted by molar-refractivity contribution is -0.142. The molecule has 0 fully saturated rings. The average molecular weight is 245 g/mol. The standard InChI is InChI=1S/C7H7N3O5S/c8-7-9-3(2-16-7)5(6(13)14)10-15-1-4(11)12/h2H,1H2,(H2,8,9)(H,11,12)(H,13,14). The van der Waals surface area contributed by atoms with Gasteiger partial charge in [-0.3, -0.25) is 0 Å². The SMILES string of the molecule is Nc1nc(C(=NOCC(=O)O)C(=O)O)cs1. The largest absolute Gasteiger partial charge is 0.479 e. The molecule has 86 valence electrons. The highest BCUT2D eigenvalue weighted by molar-refractivity contribution is 7.13. The average Bonchev–Trinajstić information content (AvgIpc) is 2.58. The number of carboxylic acids is 2. The zero-order valence-electron chi connectivity index (χ0n) is 7.78. The summed E-state index contributed by atoms with van der Waals surface area (Å²) in [6.07, 6.45) is 0. The van der Waals surface area contributed by atoms with Crippen LogP contribution in [0.5, 0.6) is 0 Å². The van der Waals surface area contributed by atoms with Crippen LogP contribution in [0, 0.1) is 0 Å². The van der Waals surface area contributed by atoms with E-state index in [0.717, 1.165) is 11.3 Å². The van der Waals surface area contributed by atoms with Gasteiger partial charge in [-0.2, -0.15) is 0 Å². The summed E-state index contributed by atoms with van der Waals surface area (Å²) < 4.78 is 0. The van der Waals surface area contributed by atoms with E-state index in [1.165, 1.54) is 5.38 Å². The summed E-state index contributed by atoms with van der Waals surface area (Å²) in [4.78, 5) is 28.9. The number of nitrogen functional groups attached to an aromatic ring is 1. The van der Waals surface area contributed by atoms with Gasteiger partial charge in [0.1, 0.15) is 5.69 Å². The molecule has 0 spiro atoms. The Morgan fingerprint density at radius 2 is 2.25 bits per heavy atom. The van der Waals surface area contributed by atoms with E-state index in [-0.39, 0.29) is 10.8 Å². The molecule has 0 bridgehead atoms. The number of carboxylic acid groups (broad SMARTS) is 2. The van der Waals surface area contributed by atoms with Gasteiger partial charge in [0, 0.05) is 5.38 Å². The molecule has 0 atom stereocenters. The van der Waals surface area contributed by atoms with Crippen molar-refractivity contribution >= 4 is 34.1 Å². The molecule has 16 heavy (non-hydrogen) atoms. The molecule has 8 nitrogen and oxygen atoms in total. The first kappa shape index (κ1) is 11.9. The lowest BCUT2D eigenvalue weighted by atomic mass is 10.3. The van der Waals surface area contributed by atoms with Crippen molar-refractivity contribution in [2.45, 2.75) is 0 Å². The van der Waals surface area contributed by atoms with Gasteiger partial charge in [0.15, 0.2) is 5.13 Å². The van der Waals surface area contributed by atoms with Crippen LogP contribution >= 0.6 is 11.3 Å². The molecule has 0 unspecified atom stereocenters. The Labute approximate surface area is 93.0 Å². The fourth-order valence-corrected chi connectivity index (χ4v) is 1.29. The Morgan fingerprint density at radius 3 is 2.69 bits per heavy atom. The number of anilines is 1. The molecule has 0 aliphatic heterocycles. The number of aromatic nitrogens is 1. The van der Waals surface area contributed by atoms with Crippen LogP contribution in [0.1, 0.15) is 5.69 Å². The Bertz CT molecular complexity index is 441. The van der Waals surface area contributed by atoms with Crippen LogP contribution in [0.2, 0.25) is 0 Å². The number of carbonyl (C=O) groups is 2. The monoisotopic (exact) mass is 245 g/mol. The van der Waals surface area contributed by atoms with E-state index in [1.807, 2.05) is 0 Å². The first-order valence-corrected chi connectivity index (χ1v) is 4.75. The van der Waals surface area contributed by atoms with Gasteiger partial charge in [0.05, 0.1) is 0 Å². The predicted octanol–water partition coefficient (Wildman–Crippen LogP) is -0.385. The molecule has 0 saturated heterocycles. The Kier molecular flexibility index (Phi) is 3.78. The van der Waals surface area contributed by atoms with E-state index in [2.05, 4.69) is 15.0 Å². The summed E-state index contributed by atoms with van der Waals surface area (Å²) >= 11 is 1.04. The van der Waals surface area contributed by atoms with Gasteiger partial charge in [-0.1, -0.05) is 5.16 Å². The molecule has 0 saturated carbocycles. The van der Waals surface area contributed by atoms with Gasteiger partial charge in [-0.15, -0.1) is 11.3 Å². The molecule has 0 aromatic carbocycles. The lowest BCUT2D eigenvalue weighted by Gasteiger charge is -1.97. The summed E-state index contributed by atoms with van der Waals surface area (Å²) in [6.45, 7) is -0.726. The highest BCUT2D eigenvalue weighted by Gasteiger charge is 2.17. The van der Waals surface area contributed by atoms with Crippen molar-refractivity contribution in [3.63, 3.8) is 0 Å². The molecule has 1 aromatic heterocycles. The summed E-state index contributed by atoms with van der Waals surface area (Å²) in [5.41, 5.74) is 4.85. The van der Waals surface area contributed by atoms with Crippen LogP contribution in [0.3, 0.4) is 0 Å². The van der Waals surface area contributed by atoms with E-state index in [9.17, 15) is 9.59 Å². The number of hydrogen-bond acceptors (Lipinski definition) is 7. The normalized spacial score (nSPS) is 11.1. The van der Waals surface area contributed by atoms with Crippen molar-refractivity contribution in [2.75, 3.05) is 12.3 Å². The van der Waals surface area contributed by atoms with Crippen molar-refractivity contribution in [1.82, 2.24) is 4.98 Å². The minimum atomic E-state index is -1.38. The number of hydrogen-bond donors (Lipinski definition) is 3. The molecule has 0 amide bonds. The summed E-state index contributed by atoms with van der Waals surface area (Å²) in [7, 11) is 0. The molecule has 0 radical (unpaired) electrons. The van der Waals surface area contributed by atoms with Crippen LogP contribution in [0.4, 0.5) is 5.13 Å². The number of aliphatic carboxylic acids is 2. The van der Waals surface area contributed by atoms with Crippen LogP contribution in [0.15, 0.2) is 10.5 Å². The predicted molar refractivity (Wildman–Crippen MR) is 54.3 cm³/mol. The van der Waals surface area contributed by atoms with Crippen molar-refractivity contribution in [2.24, 2.45) is 5.16 Å². The number of oxime groups is 1. The Balaban J connectivity index is 2.83. The van der Waals surface area contributed by atoms with Gasteiger partial charge in [0.2, 0.25) is 12.3 Å². The van der Waals surface area contributed by atoms with Crippen LogP contribution in [0.25, 0.3) is 0 Å². The van der Waals surface area contributed by atoms with Crippen LogP contribution in [-0.2, 0) is 14.4 Å². The van der Waals surface area contributed by atoms with Crippen LogP contribution < -0.4 is 5.73 Å². The second kappa shape index (κ2) is 5.07. The van der Waals surface area contributed by atoms with Crippen LogP contribution in [-0.4, -0.2) is 39.5 Å². The molecule has 9 heteroatoms. The van der Waals surface area contributed by atoms with E-state index >= 15 is 0 Å². The molecule has 0 aliphatic carbocycles. The topological polar surface area (TPSA) is 135 Å². The molecule has 1 heterocycles.